The maximum absolute atomic E-state index is 6.73. The van der Waals surface area contributed by atoms with E-state index in [-0.39, 0.29) is 10.8 Å². The molecular weight excluding hydrogens is 677 g/mol. The molecule has 278 valence electrons. The summed E-state index contributed by atoms with van der Waals surface area (Å²) >= 11 is 0. The lowest BCUT2D eigenvalue weighted by molar-refractivity contribution is 0.590. The molecule has 7 aromatic carbocycles. The highest BCUT2D eigenvalue weighted by molar-refractivity contribution is 6.12. The summed E-state index contributed by atoms with van der Waals surface area (Å²) in [5.41, 5.74) is 26.6. The van der Waals surface area contributed by atoms with Crippen LogP contribution in [0.4, 0.5) is 5.69 Å². The molecule has 2 nitrogen and oxygen atoms in total. The smallest absolute Gasteiger partial charge is 0.0547 e. The Kier molecular flexibility index (Phi) is 8.40. The van der Waals surface area contributed by atoms with Crippen molar-refractivity contribution in [3.63, 3.8) is 0 Å². The molecule has 1 heterocycles. The predicted molar refractivity (Wildman–Crippen MR) is 241 cm³/mol. The third kappa shape index (κ3) is 6.03. The first-order valence-corrected chi connectivity index (χ1v) is 20.2. The van der Waals surface area contributed by atoms with Crippen LogP contribution in [0.15, 0.2) is 146 Å². The molecule has 2 N–H and O–H groups in total. The van der Waals surface area contributed by atoms with Gasteiger partial charge in [0, 0.05) is 27.7 Å². The molecule has 0 saturated carbocycles. The molecule has 0 spiro atoms. The van der Waals surface area contributed by atoms with E-state index in [9.17, 15) is 0 Å². The highest BCUT2D eigenvalue weighted by Gasteiger charge is 2.30. The third-order valence-electron chi connectivity index (χ3n) is 12.6. The average molecular weight is 729 g/mol. The van der Waals surface area contributed by atoms with Crippen molar-refractivity contribution >= 4 is 27.5 Å². The van der Waals surface area contributed by atoms with Gasteiger partial charge in [0.1, 0.15) is 0 Å². The summed E-state index contributed by atoms with van der Waals surface area (Å²) in [6.07, 6.45) is 0. The highest BCUT2D eigenvalue weighted by Crippen LogP contribution is 2.50. The first-order valence-electron chi connectivity index (χ1n) is 20.2. The van der Waals surface area contributed by atoms with Gasteiger partial charge in [0.15, 0.2) is 0 Å². The van der Waals surface area contributed by atoms with Gasteiger partial charge in [-0.15, -0.1) is 0 Å². The molecule has 0 amide bonds. The summed E-state index contributed by atoms with van der Waals surface area (Å²) < 4.78 is 2.45. The number of nitrogens with two attached hydrogens (primary N) is 1. The number of hydrogen-bond acceptors (Lipinski definition) is 1. The molecule has 2 heteroatoms. The SMILES string of the molecule is CC1c2cc(-c3cc(-c4ccc(C(C)(C)C)cc4)ccc3N)ccc2-c2cc3c(cc2C1C)c1cc(-c2ccc(C(C)(C)C)cc2)ccc1n3-c1ccccc1. The Labute approximate surface area is 332 Å². The van der Waals surface area contributed by atoms with Gasteiger partial charge in [-0.3, -0.25) is 0 Å². The lowest BCUT2D eigenvalue weighted by Crippen LogP contribution is -2.13. The molecule has 1 aliphatic carbocycles. The van der Waals surface area contributed by atoms with Gasteiger partial charge < -0.3 is 10.3 Å². The minimum atomic E-state index is 0.118. The van der Waals surface area contributed by atoms with Crippen molar-refractivity contribution in [2.24, 2.45) is 0 Å². The zero-order chi connectivity index (χ0) is 39.1. The molecule has 0 aliphatic heterocycles. The second-order valence-corrected chi connectivity index (χ2v) is 18.2. The largest absolute Gasteiger partial charge is 0.398 e. The summed E-state index contributed by atoms with van der Waals surface area (Å²) in [5.74, 6) is 0.675. The van der Waals surface area contributed by atoms with Crippen LogP contribution >= 0.6 is 0 Å². The number of anilines is 1. The highest BCUT2D eigenvalue weighted by atomic mass is 15.0. The van der Waals surface area contributed by atoms with Crippen molar-refractivity contribution in [3.05, 3.63) is 168 Å². The molecule has 56 heavy (non-hydrogen) atoms. The van der Waals surface area contributed by atoms with Crippen molar-refractivity contribution in [1.29, 1.82) is 0 Å². The summed E-state index contributed by atoms with van der Waals surface area (Å²) in [7, 11) is 0. The maximum Gasteiger partial charge on any atom is 0.0547 e. The van der Waals surface area contributed by atoms with Crippen LogP contribution in [0.5, 0.6) is 0 Å². The fraction of sp³-hybridized carbons (Fsp3) is 0.222. The van der Waals surface area contributed by atoms with E-state index in [1.165, 1.54) is 88.7 Å². The Morgan fingerprint density at radius 3 is 1.55 bits per heavy atom. The van der Waals surface area contributed by atoms with Gasteiger partial charge in [-0.25, -0.2) is 0 Å². The van der Waals surface area contributed by atoms with Gasteiger partial charge in [-0.1, -0.05) is 152 Å². The van der Waals surface area contributed by atoms with E-state index < -0.39 is 0 Å². The molecule has 2 unspecified atom stereocenters. The molecule has 1 aromatic heterocycles. The van der Waals surface area contributed by atoms with Crippen LogP contribution < -0.4 is 5.73 Å². The van der Waals surface area contributed by atoms with Crippen molar-refractivity contribution in [3.8, 4) is 50.2 Å². The zero-order valence-corrected chi connectivity index (χ0v) is 34.0. The van der Waals surface area contributed by atoms with Gasteiger partial charge >= 0.3 is 0 Å². The van der Waals surface area contributed by atoms with Crippen LogP contribution in [0.25, 0.3) is 72.0 Å². The number of rotatable bonds is 4. The summed E-state index contributed by atoms with van der Waals surface area (Å²) in [6.45, 7) is 18.4. The van der Waals surface area contributed by atoms with Crippen LogP contribution in [-0.2, 0) is 10.8 Å². The fourth-order valence-corrected chi connectivity index (χ4v) is 8.93. The Morgan fingerprint density at radius 1 is 0.429 bits per heavy atom. The number of aromatic nitrogens is 1. The molecule has 2 atom stereocenters. The van der Waals surface area contributed by atoms with Gasteiger partial charge in [0.05, 0.1) is 11.0 Å². The number of nitrogen functional groups attached to an aromatic ring is 1. The van der Waals surface area contributed by atoms with E-state index >= 15 is 0 Å². The Morgan fingerprint density at radius 2 is 0.946 bits per heavy atom. The molecule has 0 radical (unpaired) electrons. The van der Waals surface area contributed by atoms with Crippen LogP contribution in [-0.4, -0.2) is 4.57 Å². The molecule has 1 aliphatic rings. The lowest BCUT2D eigenvalue weighted by Gasteiger charge is -2.32. The van der Waals surface area contributed by atoms with E-state index in [2.05, 4.69) is 206 Å². The lowest BCUT2D eigenvalue weighted by atomic mass is 9.72. The minimum absolute atomic E-state index is 0.118. The van der Waals surface area contributed by atoms with E-state index in [1.807, 2.05) is 0 Å². The van der Waals surface area contributed by atoms with Gasteiger partial charge in [-0.2, -0.15) is 0 Å². The molecule has 0 saturated heterocycles. The Hall–Kier alpha value is -5.86. The third-order valence-corrected chi connectivity index (χ3v) is 12.6. The first kappa shape index (κ1) is 35.8. The Balaban J connectivity index is 1.18. The van der Waals surface area contributed by atoms with Crippen LogP contribution in [0.1, 0.15) is 89.5 Å². The van der Waals surface area contributed by atoms with Crippen LogP contribution in [0.3, 0.4) is 0 Å². The number of hydrogen-bond donors (Lipinski definition) is 1. The molecule has 8 aromatic rings. The van der Waals surface area contributed by atoms with Crippen molar-refractivity contribution in [1.82, 2.24) is 4.57 Å². The van der Waals surface area contributed by atoms with Gasteiger partial charge in [-0.05, 0) is 132 Å². The average Bonchev–Trinajstić information content (AvgIpc) is 3.51. The van der Waals surface area contributed by atoms with Crippen LogP contribution in [0.2, 0.25) is 0 Å². The molecule has 0 fully saturated rings. The Bertz CT molecular complexity index is 2770. The zero-order valence-electron chi connectivity index (χ0n) is 34.0. The van der Waals surface area contributed by atoms with Gasteiger partial charge in [0.25, 0.3) is 0 Å². The number of benzene rings is 7. The minimum Gasteiger partial charge on any atom is -0.398 e. The van der Waals surface area contributed by atoms with Crippen LogP contribution in [0, 0.1) is 0 Å². The van der Waals surface area contributed by atoms with Crippen molar-refractivity contribution < 1.29 is 0 Å². The molecule has 0 bridgehead atoms. The quantitative estimate of drug-likeness (QED) is 0.180. The normalized spacial score (nSPS) is 15.6. The first-order chi connectivity index (χ1) is 26.8. The van der Waals surface area contributed by atoms with E-state index in [1.54, 1.807) is 0 Å². The van der Waals surface area contributed by atoms with Gasteiger partial charge in [0.2, 0.25) is 0 Å². The number of fused-ring (bicyclic) bond motifs is 6. The predicted octanol–water partition coefficient (Wildman–Crippen LogP) is 14.8. The molecule has 9 rings (SSSR count). The summed E-state index contributed by atoms with van der Waals surface area (Å²) in [6, 6.07) is 54.4. The van der Waals surface area contributed by atoms with E-state index in [4.69, 9.17) is 5.73 Å². The summed E-state index contributed by atoms with van der Waals surface area (Å²) in [4.78, 5) is 0. The standard InChI is InChI=1S/C54H52N2/c1-33-34(2)45-31-49-48-29-38(36-16-23-41(24-17-36)54(6,7)8)20-27-51(48)56(42-12-10-9-11-13-42)52(49)32-47(45)43-25-18-39(30-44(33)43)46-28-37(19-26-50(46)55)35-14-21-40(22-15-35)53(3,4)5/h9-34H,55H2,1-8H3. The van der Waals surface area contributed by atoms with E-state index in [0.717, 1.165) is 11.3 Å². The van der Waals surface area contributed by atoms with Crippen molar-refractivity contribution in [2.45, 2.75) is 78.1 Å². The van der Waals surface area contributed by atoms with Crippen molar-refractivity contribution in [2.75, 3.05) is 5.73 Å². The summed E-state index contributed by atoms with van der Waals surface area (Å²) in [5, 5.41) is 2.59. The number of nitrogens with zero attached hydrogens (tertiary/aromatic N) is 1. The maximum atomic E-state index is 6.73. The topological polar surface area (TPSA) is 30.9 Å². The fourth-order valence-electron chi connectivity index (χ4n) is 8.93. The second-order valence-electron chi connectivity index (χ2n) is 18.2. The number of para-hydroxylation sites is 1. The monoisotopic (exact) mass is 728 g/mol. The van der Waals surface area contributed by atoms with E-state index in [0.29, 0.717) is 11.8 Å². The second kappa shape index (κ2) is 13.1. The molecular formula is C54H52N2.